The summed E-state index contributed by atoms with van der Waals surface area (Å²) < 4.78 is 5.50. The number of piperazine rings is 1. The van der Waals surface area contributed by atoms with E-state index in [4.69, 9.17) is 4.74 Å². The number of rotatable bonds is 5. The molecule has 0 radical (unpaired) electrons. The summed E-state index contributed by atoms with van der Waals surface area (Å²) in [6.07, 6.45) is 3.01. The van der Waals surface area contributed by atoms with Crippen LogP contribution < -0.4 is 9.64 Å². The van der Waals surface area contributed by atoms with E-state index in [1.807, 2.05) is 30.3 Å². The number of carbonyl (C=O) groups excluding carboxylic acids is 1. The molecule has 4 rings (SSSR count). The topological polar surface area (TPSA) is 32.8 Å². The van der Waals surface area contributed by atoms with Gasteiger partial charge in [0.1, 0.15) is 5.75 Å². The smallest absolute Gasteiger partial charge is 0.166 e. The van der Waals surface area contributed by atoms with E-state index in [2.05, 4.69) is 28.0 Å². The lowest BCUT2D eigenvalue weighted by atomic mass is 9.81. The van der Waals surface area contributed by atoms with Crippen LogP contribution in [-0.4, -0.2) is 50.5 Å². The van der Waals surface area contributed by atoms with Crippen molar-refractivity contribution in [3.8, 4) is 5.75 Å². The summed E-state index contributed by atoms with van der Waals surface area (Å²) in [4.78, 5) is 17.7. The van der Waals surface area contributed by atoms with Gasteiger partial charge in [0, 0.05) is 37.7 Å². The molecule has 1 heterocycles. The van der Waals surface area contributed by atoms with Crippen molar-refractivity contribution in [2.45, 2.75) is 19.3 Å². The van der Waals surface area contributed by atoms with Gasteiger partial charge in [0.25, 0.3) is 0 Å². The van der Waals surface area contributed by atoms with Gasteiger partial charge in [-0.3, -0.25) is 9.69 Å². The lowest BCUT2D eigenvalue weighted by molar-refractivity contribution is 0.0881. The molecule has 1 unspecified atom stereocenters. The third-order valence-electron chi connectivity index (χ3n) is 6.01. The van der Waals surface area contributed by atoms with E-state index in [9.17, 15) is 4.79 Å². The Kier molecular flexibility index (Phi) is 5.44. The molecule has 0 N–H and O–H groups in total. The minimum absolute atomic E-state index is 0.187. The second-order valence-electron chi connectivity index (χ2n) is 7.55. The molecule has 0 bridgehead atoms. The van der Waals surface area contributed by atoms with Crippen LogP contribution in [0.3, 0.4) is 0 Å². The Hall–Kier alpha value is -2.33. The summed E-state index contributed by atoms with van der Waals surface area (Å²) in [5.41, 5.74) is 3.36. The molecular weight excluding hydrogens is 336 g/mol. The minimum Gasteiger partial charge on any atom is -0.495 e. The van der Waals surface area contributed by atoms with E-state index in [-0.39, 0.29) is 5.92 Å². The number of carbonyl (C=O) groups is 1. The fourth-order valence-electron chi connectivity index (χ4n) is 4.38. The molecule has 1 aliphatic heterocycles. The third kappa shape index (κ3) is 3.86. The number of nitrogens with zero attached hydrogens (tertiary/aromatic N) is 2. The van der Waals surface area contributed by atoms with Gasteiger partial charge in [0.2, 0.25) is 0 Å². The van der Waals surface area contributed by atoms with Crippen molar-refractivity contribution in [2.75, 3.05) is 44.7 Å². The molecule has 0 spiro atoms. The van der Waals surface area contributed by atoms with E-state index < -0.39 is 0 Å². The number of hydrogen-bond donors (Lipinski definition) is 0. The van der Waals surface area contributed by atoms with Crippen LogP contribution in [-0.2, 0) is 6.42 Å². The number of Topliss-reactive ketones (excluding diaryl/α,β-unsaturated/α-hetero) is 1. The number of hydrogen-bond acceptors (Lipinski definition) is 4. The summed E-state index contributed by atoms with van der Waals surface area (Å²) in [5.74, 6) is 1.48. The number of para-hydroxylation sites is 2. The molecule has 2 aromatic rings. The summed E-state index contributed by atoms with van der Waals surface area (Å²) in [5, 5.41) is 0. The van der Waals surface area contributed by atoms with Crippen LogP contribution in [0.2, 0.25) is 0 Å². The first kappa shape index (κ1) is 18.1. The van der Waals surface area contributed by atoms with Crippen LogP contribution in [0.4, 0.5) is 5.69 Å². The number of methoxy groups -OCH3 is 1. The quantitative estimate of drug-likeness (QED) is 0.811. The SMILES string of the molecule is COc1ccccc1N1CCN(CCC2CCc3ccccc3C2=O)CC1. The summed E-state index contributed by atoms with van der Waals surface area (Å²) in [6, 6.07) is 16.3. The van der Waals surface area contributed by atoms with Crippen LogP contribution in [0.5, 0.6) is 5.75 Å². The van der Waals surface area contributed by atoms with Gasteiger partial charge in [-0.25, -0.2) is 0 Å². The average molecular weight is 364 g/mol. The fourth-order valence-corrected chi connectivity index (χ4v) is 4.38. The predicted octanol–water partition coefficient (Wildman–Crippen LogP) is 3.65. The first-order valence-electron chi connectivity index (χ1n) is 9.98. The summed E-state index contributed by atoms with van der Waals surface area (Å²) >= 11 is 0. The summed E-state index contributed by atoms with van der Waals surface area (Å²) in [6.45, 7) is 5.09. The van der Waals surface area contributed by atoms with Crippen LogP contribution in [0.25, 0.3) is 0 Å². The molecule has 1 saturated heterocycles. The van der Waals surface area contributed by atoms with E-state index >= 15 is 0 Å². The number of aryl methyl sites for hydroxylation is 1. The Morgan fingerprint density at radius 3 is 2.56 bits per heavy atom. The molecule has 142 valence electrons. The van der Waals surface area contributed by atoms with E-state index in [0.29, 0.717) is 5.78 Å². The lowest BCUT2D eigenvalue weighted by Crippen LogP contribution is -2.47. The first-order chi connectivity index (χ1) is 13.3. The van der Waals surface area contributed by atoms with Gasteiger partial charge >= 0.3 is 0 Å². The monoisotopic (exact) mass is 364 g/mol. The molecule has 4 nitrogen and oxygen atoms in total. The van der Waals surface area contributed by atoms with E-state index in [0.717, 1.165) is 63.3 Å². The van der Waals surface area contributed by atoms with Crippen molar-refractivity contribution >= 4 is 11.5 Å². The van der Waals surface area contributed by atoms with Gasteiger partial charge < -0.3 is 9.64 Å². The molecule has 0 saturated carbocycles. The standard InChI is InChI=1S/C23H28N2O2/c1-27-22-9-5-4-8-21(22)25-16-14-24(15-17-25)13-12-19-11-10-18-6-2-3-7-20(18)23(19)26/h2-9,19H,10-17H2,1H3. The van der Waals surface area contributed by atoms with E-state index in [1.54, 1.807) is 7.11 Å². The molecule has 2 aliphatic rings. The lowest BCUT2D eigenvalue weighted by Gasteiger charge is -2.37. The van der Waals surface area contributed by atoms with Crippen molar-refractivity contribution in [2.24, 2.45) is 5.92 Å². The largest absolute Gasteiger partial charge is 0.495 e. The van der Waals surface area contributed by atoms with Gasteiger partial charge in [-0.15, -0.1) is 0 Å². The molecule has 0 aromatic heterocycles. The zero-order valence-corrected chi connectivity index (χ0v) is 16.1. The number of fused-ring (bicyclic) bond motifs is 1. The van der Waals surface area contributed by atoms with Crippen LogP contribution in [0.1, 0.15) is 28.8 Å². The molecule has 2 aromatic carbocycles. The zero-order valence-electron chi connectivity index (χ0n) is 16.1. The van der Waals surface area contributed by atoms with Gasteiger partial charge in [-0.2, -0.15) is 0 Å². The normalized spacial score (nSPS) is 20.4. The zero-order chi connectivity index (χ0) is 18.6. The number of anilines is 1. The number of benzene rings is 2. The molecule has 1 fully saturated rings. The van der Waals surface area contributed by atoms with Gasteiger partial charge in [0.05, 0.1) is 12.8 Å². The third-order valence-corrected chi connectivity index (χ3v) is 6.01. The van der Waals surface area contributed by atoms with Crippen molar-refractivity contribution in [3.63, 3.8) is 0 Å². The molecule has 1 aliphatic carbocycles. The predicted molar refractivity (Wildman–Crippen MR) is 109 cm³/mol. The fraction of sp³-hybridized carbons (Fsp3) is 0.435. The van der Waals surface area contributed by atoms with Crippen LogP contribution in [0.15, 0.2) is 48.5 Å². The highest BCUT2D eigenvalue weighted by Crippen LogP contribution is 2.30. The van der Waals surface area contributed by atoms with Gasteiger partial charge in [0.15, 0.2) is 5.78 Å². The van der Waals surface area contributed by atoms with E-state index in [1.165, 1.54) is 11.3 Å². The highest BCUT2D eigenvalue weighted by molar-refractivity contribution is 6.00. The van der Waals surface area contributed by atoms with Crippen molar-refractivity contribution < 1.29 is 9.53 Å². The van der Waals surface area contributed by atoms with Crippen molar-refractivity contribution in [1.29, 1.82) is 0 Å². The van der Waals surface area contributed by atoms with Crippen molar-refractivity contribution in [1.82, 2.24) is 4.90 Å². The van der Waals surface area contributed by atoms with Gasteiger partial charge in [-0.1, -0.05) is 36.4 Å². The Labute approximate surface area is 161 Å². The number of ether oxygens (including phenoxy) is 1. The highest BCUT2D eigenvalue weighted by Gasteiger charge is 2.28. The minimum atomic E-state index is 0.187. The molecule has 27 heavy (non-hydrogen) atoms. The van der Waals surface area contributed by atoms with Crippen LogP contribution >= 0.6 is 0 Å². The molecule has 0 amide bonds. The van der Waals surface area contributed by atoms with Crippen LogP contribution in [0, 0.1) is 5.92 Å². The Morgan fingerprint density at radius 2 is 1.74 bits per heavy atom. The Balaban J connectivity index is 1.30. The molecular formula is C23H28N2O2. The van der Waals surface area contributed by atoms with Crippen molar-refractivity contribution in [3.05, 3.63) is 59.7 Å². The molecule has 1 atom stereocenters. The Bertz CT molecular complexity index is 796. The Morgan fingerprint density at radius 1 is 1.00 bits per heavy atom. The summed E-state index contributed by atoms with van der Waals surface area (Å²) in [7, 11) is 1.73. The average Bonchev–Trinajstić information content (AvgIpc) is 2.74. The first-order valence-corrected chi connectivity index (χ1v) is 9.98. The maximum atomic E-state index is 12.8. The second kappa shape index (κ2) is 8.13. The second-order valence-corrected chi connectivity index (χ2v) is 7.55. The maximum Gasteiger partial charge on any atom is 0.166 e. The molecule has 4 heteroatoms. The number of ketones is 1. The maximum absolute atomic E-state index is 12.8. The van der Waals surface area contributed by atoms with Gasteiger partial charge in [-0.05, 0) is 43.5 Å². The highest BCUT2D eigenvalue weighted by atomic mass is 16.5.